The van der Waals surface area contributed by atoms with Crippen LogP contribution in [0.5, 0.6) is 0 Å². The molecule has 0 bridgehead atoms. The summed E-state index contributed by atoms with van der Waals surface area (Å²) in [6.45, 7) is 4.00. The van der Waals surface area contributed by atoms with Gasteiger partial charge in [0.05, 0.1) is 4.92 Å². The van der Waals surface area contributed by atoms with Crippen molar-refractivity contribution in [2.45, 2.75) is 18.6 Å². The Hall–Kier alpha value is -1.50. The maximum absolute atomic E-state index is 10.7. The van der Waals surface area contributed by atoms with Crippen LogP contribution in [0.2, 0.25) is 0 Å². The highest BCUT2D eigenvalue weighted by Gasteiger charge is 2.22. The first-order valence-electron chi connectivity index (χ1n) is 5.89. The lowest BCUT2D eigenvalue weighted by Gasteiger charge is -2.32. The van der Waals surface area contributed by atoms with Gasteiger partial charge in [-0.25, -0.2) is 4.98 Å². The summed E-state index contributed by atoms with van der Waals surface area (Å²) in [4.78, 5) is 16.5. The van der Waals surface area contributed by atoms with Crippen LogP contribution in [0.15, 0.2) is 12.1 Å². The molecular weight excluding hydrogens is 252 g/mol. The van der Waals surface area contributed by atoms with Gasteiger partial charge >= 0.3 is 5.69 Å². The van der Waals surface area contributed by atoms with E-state index >= 15 is 0 Å². The SMILES string of the molecule is CCC1CN(c2ccc([N+](=O)[O-])c(N)n2)CCS1. The second-order valence-corrected chi connectivity index (χ2v) is 5.59. The van der Waals surface area contributed by atoms with E-state index in [1.165, 1.54) is 6.07 Å². The third kappa shape index (κ3) is 2.66. The zero-order chi connectivity index (χ0) is 13.1. The Kier molecular flexibility index (Phi) is 3.90. The number of aromatic nitrogens is 1. The van der Waals surface area contributed by atoms with Gasteiger partial charge in [-0.15, -0.1) is 0 Å². The van der Waals surface area contributed by atoms with Gasteiger partial charge in [-0.05, 0) is 12.5 Å². The first-order chi connectivity index (χ1) is 8.61. The van der Waals surface area contributed by atoms with Crippen molar-refractivity contribution in [2.24, 2.45) is 0 Å². The lowest BCUT2D eigenvalue weighted by molar-refractivity contribution is -0.384. The Morgan fingerprint density at radius 2 is 2.44 bits per heavy atom. The van der Waals surface area contributed by atoms with Gasteiger partial charge in [0.1, 0.15) is 5.82 Å². The average molecular weight is 268 g/mol. The molecule has 0 saturated carbocycles. The van der Waals surface area contributed by atoms with Crippen molar-refractivity contribution < 1.29 is 4.92 Å². The van der Waals surface area contributed by atoms with E-state index in [1.54, 1.807) is 6.07 Å². The van der Waals surface area contributed by atoms with E-state index in [2.05, 4.69) is 16.8 Å². The monoisotopic (exact) mass is 268 g/mol. The summed E-state index contributed by atoms with van der Waals surface area (Å²) in [5.41, 5.74) is 5.48. The lowest BCUT2D eigenvalue weighted by Crippen LogP contribution is -2.38. The van der Waals surface area contributed by atoms with Crippen LogP contribution in [0.4, 0.5) is 17.3 Å². The predicted molar refractivity (Wildman–Crippen MR) is 74.1 cm³/mol. The third-order valence-electron chi connectivity index (χ3n) is 3.00. The summed E-state index contributed by atoms with van der Waals surface area (Å²) < 4.78 is 0. The largest absolute Gasteiger partial charge is 0.378 e. The Morgan fingerprint density at radius 1 is 1.67 bits per heavy atom. The molecule has 2 heterocycles. The molecule has 1 atom stereocenters. The Bertz CT molecular complexity index is 455. The smallest absolute Gasteiger partial charge is 0.311 e. The average Bonchev–Trinajstić information content (AvgIpc) is 2.38. The number of nitrogens with two attached hydrogens (primary N) is 1. The molecule has 6 nitrogen and oxygen atoms in total. The number of nitrogens with zero attached hydrogens (tertiary/aromatic N) is 3. The van der Waals surface area contributed by atoms with Gasteiger partial charge in [-0.1, -0.05) is 6.92 Å². The van der Waals surface area contributed by atoms with Crippen LogP contribution in [0.3, 0.4) is 0 Å². The lowest BCUT2D eigenvalue weighted by atomic mass is 10.3. The van der Waals surface area contributed by atoms with Crippen LogP contribution in [0, 0.1) is 10.1 Å². The van der Waals surface area contributed by atoms with E-state index in [0.29, 0.717) is 5.25 Å². The van der Waals surface area contributed by atoms with Crippen molar-refractivity contribution in [3.63, 3.8) is 0 Å². The van der Waals surface area contributed by atoms with Gasteiger partial charge in [0.15, 0.2) is 0 Å². The standard InChI is InChI=1S/C11H16N4O2S/c1-2-8-7-14(5-6-18-8)10-4-3-9(15(16)17)11(12)13-10/h3-4,8H,2,5-7H2,1H3,(H2,12,13). The molecule has 1 fully saturated rings. The van der Waals surface area contributed by atoms with Crippen LogP contribution < -0.4 is 10.6 Å². The molecule has 1 aromatic rings. The summed E-state index contributed by atoms with van der Waals surface area (Å²) >= 11 is 1.96. The second-order valence-electron chi connectivity index (χ2n) is 4.18. The van der Waals surface area contributed by atoms with Crippen molar-refractivity contribution in [3.05, 3.63) is 22.2 Å². The van der Waals surface area contributed by atoms with Gasteiger partial charge in [0.2, 0.25) is 5.82 Å². The minimum atomic E-state index is -0.507. The van der Waals surface area contributed by atoms with Gasteiger partial charge in [0, 0.05) is 30.2 Å². The second kappa shape index (κ2) is 5.43. The summed E-state index contributed by atoms with van der Waals surface area (Å²) in [5.74, 6) is 1.78. The molecule has 18 heavy (non-hydrogen) atoms. The first-order valence-corrected chi connectivity index (χ1v) is 6.94. The van der Waals surface area contributed by atoms with Gasteiger partial charge in [-0.2, -0.15) is 11.8 Å². The number of nitro groups is 1. The summed E-state index contributed by atoms with van der Waals surface area (Å²) in [5, 5.41) is 11.3. The van der Waals surface area contributed by atoms with E-state index in [1.807, 2.05) is 11.8 Å². The van der Waals surface area contributed by atoms with Crippen LogP contribution in [0.1, 0.15) is 13.3 Å². The maximum atomic E-state index is 10.7. The summed E-state index contributed by atoms with van der Waals surface area (Å²) in [6.07, 6.45) is 1.11. The van der Waals surface area contributed by atoms with Gasteiger partial charge in [0.25, 0.3) is 0 Å². The number of hydrogen-bond acceptors (Lipinski definition) is 6. The Labute approximate surface area is 110 Å². The fourth-order valence-electron chi connectivity index (χ4n) is 1.96. The number of anilines is 2. The molecule has 1 aromatic heterocycles. The number of hydrogen-bond donors (Lipinski definition) is 1. The fourth-order valence-corrected chi connectivity index (χ4v) is 3.14. The van der Waals surface area contributed by atoms with Crippen LogP contribution in [-0.2, 0) is 0 Å². The summed E-state index contributed by atoms with van der Waals surface area (Å²) in [6, 6.07) is 3.11. The zero-order valence-electron chi connectivity index (χ0n) is 10.2. The number of thioether (sulfide) groups is 1. The number of rotatable bonds is 3. The van der Waals surface area contributed by atoms with Crippen LogP contribution in [0.25, 0.3) is 0 Å². The molecule has 2 N–H and O–H groups in total. The molecule has 0 spiro atoms. The molecule has 1 aliphatic heterocycles. The highest BCUT2D eigenvalue weighted by atomic mass is 32.2. The predicted octanol–water partition coefficient (Wildman–Crippen LogP) is 1.90. The van der Waals surface area contributed by atoms with E-state index in [0.717, 1.165) is 31.1 Å². The van der Waals surface area contributed by atoms with Crippen LogP contribution >= 0.6 is 11.8 Å². The molecule has 7 heteroatoms. The fraction of sp³-hybridized carbons (Fsp3) is 0.545. The van der Waals surface area contributed by atoms with E-state index in [4.69, 9.17) is 5.73 Å². The van der Waals surface area contributed by atoms with Crippen molar-refractivity contribution in [1.29, 1.82) is 0 Å². The highest BCUT2D eigenvalue weighted by molar-refractivity contribution is 8.00. The molecule has 0 aliphatic carbocycles. The Balaban J connectivity index is 2.18. The number of pyridine rings is 1. The third-order valence-corrected chi connectivity index (χ3v) is 4.37. The molecule has 0 aromatic carbocycles. The minimum absolute atomic E-state index is 0.0104. The van der Waals surface area contributed by atoms with Crippen LogP contribution in [-0.4, -0.2) is 34.0 Å². The topological polar surface area (TPSA) is 85.3 Å². The molecule has 1 saturated heterocycles. The molecule has 2 rings (SSSR count). The van der Waals surface area contributed by atoms with Crippen molar-refractivity contribution in [3.8, 4) is 0 Å². The zero-order valence-corrected chi connectivity index (χ0v) is 11.0. The van der Waals surface area contributed by atoms with Gasteiger partial charge < -0.3 is 10.6 Å². The Morgan fingerprint density at radius 3 is 3.06 bits per heavy atom. The van der Waals surface area contributed by atoms with Crippen molar-refractivity contribution in [1.82, 2.24) is 4.98 Å². The molecular formula is C11H16N4O2S. The molecule has 0 amide bonds. The van der Waals surface area contributed by atoms with E-state index in [9.17, 15) is 10.1 Å². The highest BCUT2D eigenvalue weighted by Crippen LogP contribution is 2.27. The van der Waals surface area contributed by atoms with Crippen molar-refractivity contribution >= 4 is 29.1 Å². The van der Waals surface area contributed by atoms with E-state index < -0.39 is 4.92 Å². The molecule has 98 valence electrons. The molecule has 1 unspecified atom stereocenters. The van der Waals surface area contributed by atoms with E-state index in [-0.39, 0.29) is 11.5 Å². The van der Waals surface area contributed by atoms with Crippen molar-refractivity contribution in [2.75, 3.05) is 29.5 Å². The minimum Gasteiger partial charge on any atom is -0.378 e. The normalized spacial score (nSPS) is 19.8. The maximum Gasteiger partial charge on any atom is 0.311 e. The number of nitrogen functional groups attached to an aromatic ring is 1. The first kappa shape index (κ1) is 12.9. The molecule has 1 aliphatic rings. The quantitative estimate of drug-likeness (QED) is 0.665. The van der Waals surface area contributed by atoms with Gasteiger partial charge in [-0.3, -0.25) is 10.1 Å². The summed E-state index contributed by atoms with van der Waals surface area (Å²) in [7, 11) is 0. The molecule has 0 radical (unpaired) electrons.